The topological polar surface area (TPSA) is 87.7 Å². The fourth-order valence-corrected chi connectivity index (χ4v) is 6.52. The van der Waals surface area contributed by atoms with Crippen molar-refractivity contribution in [1.82, 2.24) is 10.6 Å². The molecule has 200 valence electrons. The number of hydrogen-bond acceptors (Lipinski definition) is 4. The molecule has 3 aliphatic rings. The number of fused-ring (bicyclic) bond motifs is 2. The normalized spacial score (nSPS) is 28.1. The molecule has 0 aromatic heterocycles. The van der Waals surface area contributed by atoms with E-state index in [0.717, 1.165) is 18.4 Å². The van der Waals surface area contributed by atoms with Crippen LogP contribution in [0.4, 0.5) is 0 Å². The molecule has 6 nitrogen and oxygen atoms in total. The van der Waals surface area contributed by atoms with Crippen LogP contribution in [0.5, 0.6) is 0 Å². The van der Waals surface area contributed by atoms with Gasteiger partial charge in [-0.3, -0.25) is 9.59 Å². The van der Waals surface area contributed by atoms with Gasteiger partial charge in [0.25, 0.3) is 0 Å². The molecule has 2 bridgehead atoms. The van der Waals surface area contributed by atoms with E-state index in [9.17, 15) is 14.6 Å². The number of benzene rings is 1. The van der Waals surface area contributed by atoms with Crippen LogP contribution in [-0.2, 0) is 20.7 Å². The van der Waals surface area contributed by atoms with Gasteiger partial charge >= 0.3 is 7.12 Å². The summed E-state index contributed by atoms with van der Waals surface area (Å²) >= 11 is 0. The minimum Gasteiger partial charge on any atom is -0.426 e. The molecule has 36 heavy (non-hydrogen) atoms. The van der Waals surface area contributed by atoms with E-state index in [0.29, 0.717) is 43.4 Å². The predicted octanol–water partition coefficient (Wildman–Crippen LogP) is 4.54. The molecule has 0 unspecified atom stereocenters. The quantitative estimate of drug-likeness (QED) is 0.369. The fourth-order valence-electron chi connectivity index (χ4n) is 6.52. The molecule has 3 N–H and O–H groups in total. The van der Waals surface area contributed by atoms with Crippen LogP contribution in [0.3, 0.4) is 0 Å². The maximum absolute atomic E-state index is 13.5. The Balaban J connectivity index is 1.75. The standard InChI is InChI=1S/C29H47BN2O4/c1-8-12-26(33)31-23(17-21-13-10-9-11-14-21)27(34)32-25(15-19(2)3)30(35)36-29(7)20(4)16-22-18-24(29)28(22,5)6/h9-11,13-14,19-20,22-25,35H,8,12,15-18H2,1-7H3,(H,31,33)(H,32,34)/t20-,22-,23+,24+,25+,29-/m1/s1. The summed E-state index contributed by atoms with van der Waals surface area (Å²) in [5, 5.41) is 17.3. The number of carbonyl (C=O) groups excluding carboxylic acids is 2. The first kappa shape index (κ1) is 28.7. The zero-order chi connectivity index (χ0) is 26.7. The second-order valence-corrected chi connectivity index (χ2v) is 12.4. The third kappa shape index (κ3) is 6.34. The Morgan fingerprint density at radius 1 is 1.14 bits per heavy atom. The first-order valence-electron chi connectivity index (χ1n) is 13.9. The Labute approximate surface area is 218 Å². The number of rotatable bonds is 12. The molecule has 1 aromatic carbocycles. The maximum Gasteiger partial charge on any atom is 0.478 e. The predicted molar refractivity (Wildman–Crippen MR) is 145 cm³/mol. The third-order valence-electron chi connectivity index (χ3n) is 8.96. The third-order valence-corrected chi connectivity index (χ3v) is 8.96. The van der Waals surface area contributed by atoms with E-state index in [1.54, 1.807) is 0 Å². The molecule has 0 spiro atoms. The minimum absolute atomic E-state index is 0.143. The highest BCUT2D eigenvalue weighted by Gasteiger charge is 2.63. The van der Waals surface area contributed by atoms with Gasteiger partial charge in [0.1, 0.15) is 6.04 Å². The Morgan fingerprint density at radius 3 is 2.39 bits per heavy atom. The molecule has 0 saturated heterocycles. The smallest absolute Gasteiger partial charge is 0.426 e. The summed E-state index contributed by atoms with van der Waals surface area (Å²) in [5.74, 6) is 0.670. The van der Waals surface area contributed by atoms with Gasteiger partial charge in [-0.25, -0.2) is 0 Å². The zero-order valence-corrected chi connectivity index (χ0v) is 23.3. The second kappa shape index (κ2) is 11.7. The van der Waals surface area contributed by atoms with Gasteiger partial charge in [-0.1, -0.05) is 71.9 Å². The molecule has 4 rings (SSSR count). The lowest BCUT2D eigenvalue weighted by molar-refractivity contribution is -0.214. The Morgan fingerprint density at radius 2 is 1.81 bits per heavy atom. The molecular weight excluding hydrogens is 451 g/mol. The molecule has 0 heterocycles. The highest BCUT2D eigenvalue weighted by Crippen LogP contribution is 2.65. The van der Waals surface area contributed by atoms with Gasteiger partial charge in [-0.05, 0) is 67.3 Å². The van der Waals surface area contributed by atoms with E-state index in [1.165, 1.54) is 0 Å². The van der Waals surface area contributed by atoms with Gasteiger partial charge in [0.05, 0.1) is 11.5 Å². The lowest BCUT2D eigenvalue weighted by Crippen LogP contribution is -2.67. The van der Waals surface area contributed by atoms with Crippen molar-refractivity contribution in [3.8, 4) is 0 Å². The molecule has 3 aliphatic carbocycles. The van der Waals surface area contributed by atoms with Crippen molar-refractivity contribution in [3.05, 3.63) is 35.9 Å². The van der Waals surface area contributed by atoms with Gasteiger partial charge in [0, 0.05) is 12.8 Å². The summed E-state index contributed by atoms with van der Waals surface area (Å²) < 4.78 is 6.51. The summed E-state index contributed by atoms with van der Waals surface area (Å²) in [7, 11) is -1.12. The zero-order valence-electron chi connectivity index (χ0n) is 23.3. The SMILES string of the molecule is CCCC(=O)N[C@@H](Cc1ccccc1)C(=O)N[C@@H](CC(C)C)B(O)O[C@]1(C)[C@H](C)C[C@@H]2C[C@H]1C2(C)C. The lowest BCUT2D eigenvalue weighted by atomic mass is 9.41. The van der Waals surface area contributed by atoms with Crippen LogP contribution in [0.25, 0.3) is 0 Å². The van der Waals surface area contributed by atoms with E-state index in [2.05, 4.69) is 52.2 Å². The van der Waals surface area contributed by atoms with Crippen molar-refractivity contribution in [3.63, 3.8) is 0 Å². The van der Waals surface area contributed by atoms with Crippen molar-refractivity contribution in [2.45, 2.75) is 105 Å². The van der Waals surface area contributed by atoms with Crippen LogP contribution in [0.1, 0.15) is 86.1 Å². The number of hydrogen-bond donors (Lipinski definition) is 3. The minimum atomic E-state index is -1.12. The summed E-state index contributed by atoms with van der Waals surface area (Å²) in [6.07, 6.45) is 4.27. The van der Waals surface area contributed by atoms with Crippen LogP contribution in [0.2, 0.25) is 0 Å². The van der Waals surface area contributed by atoms with Gasteiger partial charge < -0.3 is 20.3 Å². The molecule has 2 amide bonds. The molecular formula is C29H47BN2O4. The number of nitrogens with one attached hydrogen (secondary N) is 2. The molecule has 7 heteroatoms. The molecule has 0 radical (unpaired) electrons. The van der Waals surface area contributed by atoms with E-state index < -0.39 is 24.7 Å². The van der Waals surface area contributed by atoms with Crippen molar-refractivity contribution >= 4 is 18.9 Å². The van der Waals surface area contributed by atoms with Gasteiger partial charge in [-0.15, -0.1) is 0 Å². The van der Waals surface area contributed by atoms with Crippen LogP contribution in [0.15, 0.2) is 30.3 Å². The highest BCUT2D eigenvalue weighted by molar-refractivity contribution is 6.45. The van der Waals surface area contributed by atoms with Crippen LogP contribution < -0.4 is 10.6 Å². The maximum atomic E-state index is 13.5. The van der Waals surface area contributed by atoms with Crippen LogP contribution >= 0.6 is 0 Å². The summed E-state index contributed by atoms with van der Waals surface area (Å²) in [5.41, 5.74) is 0.718. The first-order valence-corrected chi connectivity index (χ1v) is 13.9. The molecule has 6 atom stereocenters. The molecule has 3 saturated carbocycles. The Kier molecular flexibility index (Phi) is 9.32. The van der Waals surface area contributed by atoms with E-state index in [-0.39, 0.29) is 23.1 Å². The Bertz CT molecular complexity index is 893. The van der Waals surface area contributed by atoms with Gasteiger partial charge in [0.2, 0.25) is 11.8 Å². The monoisotopic (exact) mass is 498 g/mol. The lowest BCUT2D eigenvalue weighted by Gasteiger charge is -2.66. The van der Waals surface area contributed by atoms with E-state index in [4.69, 9.17) is 4.65 Å². The first-order chi connectivity index (χ1) is 16.9. The summed E-state index contributed by atoms with van der Waals surface area (Å²) in [6, 6.07) is 8.97. The van der Waals surface area contributed by atoms with Gasteiger partial charge in [0.15, 0.2) is 0 Å². The Hall–Kier alpha value is -1.86. The van der Waals surface area contributed by atoms with E-state index in [1.807, 2.05) is 37.3 Å². The summed E-state index contributed by atoms with van der Waals surface area (Å²) in [4.78, 5) is 25.9. The van der Waals surface area contributed by atoms with Crippen molar-refractivity contribution in [1.29, 1.82) is 0 Å². The number of carbonyl (C=O) groups is 2. The van der Waals surface area contributed by atoms with Gasteiger partial charge in [-0.2, -0.15) is 0 Å². The molecule has 3 fully saturated rings. The average Bonchev–Trinajstić information content (AvgIpc) is 2.80. The largest absolute Gasteiger partial charge is 0.478 e. The van der Waals surface area contributed by atoms with Crippen LogP contribution in [-0.4, -0.2) is 41.5 Å². The summed E-state index contributed by atoms with van der Waals surface area (Å²) in [6.45, 7) is 15.1. The molecule has 0 aliphatic heterocycles. The van der Waals surface area contributed by atoms with E-state index >= 15 is 0 Å². The molecule has 1 aromatic rings. The fraction of sp³-hybridized carbons (Fsp3) is 0.724. The number of amides is 2. The van der Waals surface area contributed by atoms with Crippen molar-refractivity contribution in [2.75, 3.05) is 0 Å². The van der Waals surface area contributed by atoms with Crippen molar-refractivity contribution < 1.29 is 19.3 Å². The van der Waals surface area contributed by atoms with Crippen LogP contribution in [0, 0.1) is 29.1 Å². The second-order valence-electron chi connectivity index (χ2n) is 12.4. The van der Waals surface area contributed by atoms with Crippen molar-refractivity contribution in [2.24, 2.45) is 29.1 Å². The average molecular weight is 499 g/mol. The highest BCUT2D eigenvalue weighted by atomic mass is 16.5.